The molecule has 5 nitrogen and oxygen atoms in total. The van der Waals surface area contributed by atoms with Crippen molar-refractivity contribution in [1.29, 1.82) is 0 Å². The van der Waals surface area contributed by atoms with Crippen LogP contribution in [0.2, 0.25) is 5.02 Å². The van der Waals surface area contributed by atoms with Crippen LogP contribution in [0.15, 0.2) is 29.4 Å². The number of carbonyl (C=O) groups is 1. The van der Waals surface area contributed by atoms with Crippen molar-refractivity contribution in [3.05, 3.63) is 34.9 Å². The number of carbonyl (C=O) groups excluding carboxylic acids is 1. The fourth-order valence-electron chi connectivity index (χ4n) is 2.71. The first kappa shape index (κ1) is 11.4. The second-order valence-electron chi connectivity index (χ2n) is 4.77. The van der Waals surface area contributed by atoms with Gasteiger partial charge >= 0.3 is 0 Å². The molecule has 0 radical (unpaired) electrons. The van der Waals surface area contributed by atoms with Crippen LogP contribution < -0.4 is 0 Å². The summed E-state index contributed by atoms with van der Waals surface area (Å²) in [5.41, 5.74) is 1.47. The molecule has 3 aliphatic rings. The Bertz CT molecular complexity index is 571. The fraction of sp³-hybridized carbons (Fsp3) is 0.385. The smallest absolute Gasteiger partial charge is 0.219 e. The summed E-state index contributed by atoms with van der Waals surface area (Å²) in [6.07, 6.45) is -1.37. The number of fused-ring (bicyclic) bond motifs is 4. The van der Waals surface area contributed by atoms with Crippen molar-refractivity contribution < 1.29 is 19.1 Å². The van der Waals surface area contributed by atoms with E-state index in [1.807, 2.05) is 12.1 Å². The monoisotopic (exact) mass is 279 g/mol. The van der Waals surface area contributed by atoms with Gasteiger partial charge < -0.3 is 14.3 Å². The van der Waals surface area contributed by atoms with E-state index in [2.05, 4.69) is 5.16 Å². The van der Waals surface area contributed by atoms with E-state index in [4.69, 9.17) is 25.9 Å². The predicted molar refractivity (Wildman–Crippen MR) is 66.0 cm³/mol. The highest BCUT2D eigenvalue weighted by molar-refractivity contribution is 6.30. The SMILES string of the molecule is O=C1[C@@H]2OC[C@H](O2)[C@H]2ON=C(c3ccc(Cl)cc3)[C@@H]12. The van der Waals surface area contributed by atoms with Gasteiger partial charge in [0.2, 0.25) is 12.1 Å². The Kier molecular flexibility index (Phi) is 2.42. The summed E-state index contributed by atoms with van der Waals surface area (Å²) in [4.78, 5) is 17.7. The second kappa shape index (κ2) is 4.03. The van der Waals surface area contributed by atoms with Gasteiger partial charge in [-0.2, -0.15) is 0 Å². The van der Waals surface area contributed by atoms with Crippen LogP contribution in [-0.2, 0) is 19.1 Å². The molecule has 4 atom stereocenters. The van der Waals surface area contributed by atoms with Gasteiger partial charge in [0, 0.05) is 10.6 Å². The van der Waals surface area contributed by atoms with Gasteiger partial charge in [-0.15, -0.1) is 0 Å². The molecule has 2 bridgehead atoms. The molecule has 2 saturated heterocycles. The first-order chi connectivity index (χ1) is 9.24. The maximum absolute atomic E-state index is 12.3. The van der Waals surface area contributed by atoms with Crippen LogP contribution in [0.25, 0.3) is 0 Å². The van der Waals surface area contributed by atoms with Crippen LogP contribution in [0.4, 0.5) is 0 Å². The number of nitrogens with zero attached hydrogens (tertiary/aromatic N) is 1. The molecule has 19 heavy (non-hydrogen) atoms. The average Bonchev–Trinajstić information content (AvgIpc) is 3.03. The summed E-state index contributed by atoms with van der Waals surface area (Å²) in [6, 6.07) is 7.19. The van der Waals surface area contributed by atoms with Crippen molar-refractivity contribution in [3.8, 4) is 0 Å². The third-order valence-corrected chi connectivity index (χ3v) is 3.90. The normalized spacial score (nSPS) is 35.8. The van der Waals surface area contributed by atoms with Gasteiger partial charge in [-0.25, -0.2) is 0 Å². The minimum absolute atomic E-state index is 0.120. The third-order valence-electron chi connectivity index (χ3n) is 3.65. The number of halogens is 1. The molecule has 0 spiro atoms. The number of benzene rings is 1. The van der Waals surface area contributed by atoms with Crippen LogP contribution in [0.3, 0.4) is 0 Å². The number of ketones is 1. The summed E-state index contributed by atoms with van der Waals surface area (Å²) >= 11 is 5.86. The van der Waals surface area contributed by atoms with Gasteiger partial charge in [0.25, 0.3) is 0 Å². The van der Waals surface area contributed by atoms with Gasteiger partial charge in [-0.1, -0.05) is 28.9 Å². The molecule has 1 aromatic rings. The van der Waals surface area contributed by atoms with E-state index >= 15 is 0 Å². The van der Waals surface area contributed by atoms with Crippen LogP contribution in [-0.4, -0.2) is 36.6 Å². The lowest BCUT2D eigenvalue weighted by atomic mass is 9.85. The molecule has 2 fully saturated rings. The molecular formula is C13H10ClNO4. The highest BCUT2D eigenvalue weighted by atomic mass is 35.5. The standard InChI is InChI=1S/C13H10ClNO4/c14-7-3-1-6(2-4-7)10-9-11(16)13-17-5-8(18-13)12(9)19-15-10/h1-4,8-9,12-13H,5H2/t8-,9-,12+,13+/m0/s1. The lowest BCUT2D eigenvalue weighted by Crippen LogP contribution is -2.48. The van der Waals surface area contributed by atoms with E-state index in [0.29, 0.717) is 17.3 Å². The molecule has 0 amide bonds. The molecule has 3 heterocycles. The van der Waals surface area contributed by atoms with Gasteiger partial charge in [0.1, 0.15) is 17.7 Å². The van der Waals surface area contributed by atoms with Gasteiger partial charge in [0.15, 0.2) is 6.10 Å². The van der Waals surface area contributed by atoms with Crippen molar-refractivity contribution in [1.82, 2.24) is 0 Å². The lowest BCUT2D eigenvalue weighted by Gasteiger charge is -2.27. The van der Waals surface area contributed by atoms with E-state index in [-0.39, 0.29) is 18.0 Å². The number of Topliss-reactive ketones (excluding diaryl/α,β-unsaturated/α-hetero) is 1. The molecule has 6 heteroatoms. The molecule has 0 unspecified atom stereocenters. The molecule has 0 aromatic heterocycles. The molecule has 1 aromatic carbocycles. The van der Waals surface area contributed by atoms with Crippen LogP contribution in [0, 0.1) is 5.92 Å². The third kappa shape index (κ3) is 1.62. The molecule has 4 rings (SSSR count). The Labute approximate surface area is 114 Å². The highest BCUT2D eigenvalue weighted by Gasteiger charge is 2.56. The fourth-order valence-corrected chi connectivity index (χ4v) is 2.84. The topological polar surface area (TPSA) is 57.1 Å². The maximum atomic E-state index is 12.3. The summed E-state index contributed by atoms with van der Waals surface area (Å²) in [7, 11) is 0. The van der Waals surface area contributed by atoms with Crippen LogP contribution in [0.5, 0.6) is 0 Å². The molecular weight excluding hydrogens is 270 g/mol. The second-order valence-corrected chi connectivity index (χ2v) is 5.21. The lowest BCUT2D eigenvalue weighted by molar-refractivity contribution is -0.169. The first-order valence-electron chi connectivity index (χ1n) is 6.04. The minimum Gasteiger partial charge on any atom is -0.388 e. The van der Waals surface area contributed by atoms with E-state index < -0.39 is 12.2 Å². The molecule has 3 aliphatic heterocycles. The molecule has 0 N–H and O–H groups in total. The Morgan fingerprint density at radius 1 is 1.26 bits per heavy atom. The van der Waals surface area contributed by atoms with Gasteiger partial charge in [-0.05, 0) is 12.1 Å². The first-order valence-corrected chi connectivity index (χ1v) is 6.42. The number of hydrogen-bond acceptors (Lipinski definition) is 5. The van der Waals surface area contributed by atoms with E-state index in [1.165, 1.54) is 0 Å². The number of rotatable bonds is 1. The quantitative estimate of drug-likeness (QED) is 0.779. The number of oxime groups is 1. The summed E-state index contributed by atoms with van der Waals surface area (Å²) in [6.45, 7) is 0.376. The van der Waals surface area contributed by atoms with Crippen molar-refractivity contribution in [2.75, 3.05) is 6.61 Å². The van der Waals surface area contributed by atoms with Gasteiger partial charge in [-0.3, -0.25) is 4.79 Å². The molecule has 98 valence electrons. The molecule has 0 saturated carbocycles. The largest absolute Gasteiger partial charge is 0.388 e. The van der Waals surface area contributed by atoms with Crippen molar-refractivity contribution in [2.24, 2.45) is 11.1 Å². The minimum atomic E-state index is -0.773. The Morgan fingerprint density at radius 3 is 2.84 bits per heavy atom. The van der Waals surface area contributed by atoms with E-state index in [1.54, 1.807) is 12.1 Å². The predicted octanol–water partition coefficient (Wildman–Crippen LogP) is 1.38. The summed E-state index contributed by atoms with van der Waals surface area (Å²) in [5.74, 6) is -0.530. The summed E-state index contributed by atoms with van der Waals surface area (Å²) < 4.78 is 10.7. The van der Waals surface area contributed by atoms with Crippen molar-refractivity contribution in [3.63, 3.8) is 0 Å². The van der Waals surface area contributed by atoms with E-state index in [9.17, 15) is 4.79 Å². The zero-order valence-corrected chi connectivity index (χ0v) is 10.5. The Morgan fingerprint density at radius 2 is 2.05 bits per heavy atom. The Balaban J connectivity index is 1.71. The average molecular weight is 280 g/mol. The number of ether oxygens (including phenoxy) is 2. The van der Waals surface area contributed by atoms with Crippen molar-refractivity contribution >= 4 is 23.1 Å². The molecule has 0 aliphatic carbocycles. The maximum Gasteiger partial charge on any atom is 0.219 e. The van der Waals surface area contributed by atoms with Crippen molar-refractivity contribution in [2.45, 2.75) is 18.5 Å². The van der Waals surface area contributed by atoms with E-state index in [0.717, 1.165) is 5.56 Å². The zero-order chi connectivity index (χ0) is 13.0. The van der Waals surface area contributed by atoms with Crippen LogP contribution >= 0.6 is 11.6 Å². The highest BCUT2D eigenvalue weighted by Crippen LogP contribution is 2.37. The Hall–Kier alpha value is -1.43. The van der Waals surface area contributed by atoms with Gasteiger partial charge in [0.05, 0.1) is 6.61 Å². The van der Waals surface area contributed by atoms with Crippen LogP contribution in [0.1, 0.15) is 5.56 Å². The number of hydrogen-bond donors (Lipinski definition) is 0. The summed E-state index contributed by atoms with van der Waals surface area (Å²) in [5, 5.41) is 4.71. The zero-order valence-electron chi connectivity index (χ0n) is 9.78.